The van der Waals surface area contributed by atoms with Crippen LogP contribution in [0.4, 0.5) is 17.1 Å². The Morgan fingerprint density at radius 1 is 1.07 bits per heavy atom. The lowest BCUT2D eigenvalue weighted by molar-refractivity contribution is -0.383. The van der Waals surface area contributed by atoms with Crippen molar-refractivity contribution in [1.82, 2.24) is 14.5 Å². The zero-order valence-corrected chi connectivity index (χ0v) is 14.5. The van der Waals surface area contributed by atoms with Gasteiger partial charge in [0.15, 0.2) is 5.82 Å². The molecule has 0 spiro atoms. The molecule has 0 aliphatic carbocycles. The Hall–Kier alpha value is -3.94. The zero-order valence-electron chi connectivity index (χ0n) is 14.5. The van der Waals surface area contributed by atoms with Crippen LogP contribution in [0.2, 0.25) is 0 Å². The predicted molar refractivity (Wildman–Crippen MR) is 105 cm³/mol. The minimum atomic E-state index is -0.561. The molecule has 0 aliphatic rings. The maximum Gasteiger partial charge on any atom is 0.305 e. The fourth-order valence-corrected chi connectivity index (χ4v) is 3.23. The number of nitrogens with zero attached hydrogens (tertiary/aromatic N) is 4. The first-order chi connectivity index (χ1) is 13.0. The molecule has 2 aromatic heterocycles. The summed E-state index contributed by atoms with van der Waals surface area (Å²) in [4.78, 5) is 19.7. The number of nitro benzene ring substituents is 1. The lowest BCUT2D eigenvalue weighted by atomic mass is 10.1. The second-order valence-corrected chi connectivity index (χ2v) is 6.16. The molecule has 0 saturated heterocycles. The molecular weight excluding hydrogens is 344 g/mol. The van der Waals surface area contributed by atoms with Gasteiger partial charge in [-0.2, -0.15) is 0 Å². The number of hydrogen-bond donors (Lipinski definition) is 2. The van der Waals surface area contributed by atoms with Gasteiger partial charge in [0.2, 0.25) is 0 Å². The molecule has 4 N–H and O–H groups in total. The van der Waals surface area contributed by atoms with E-state index < -0.39 is 4.92 Å². The van der Waals surface area contributed by atoms with E-state index in [0.717, 1.165) is 16.5 Å². The lowest BCUT2D eigenvalue weighted by Crippen LogP contribution is -2.04. The average molecular weight is 360 g/mol. The number of fused-ring (bicyclic) bond motifs is 1. The maximum absolute atomic E-state index is 11.5. The summed E-state index contributed by atoms with van der Waals surface area (Å²) in [6.45, 7) is 0. The molecule has 0 saturated carbocycles. The van der Waals surface area contributed by atoms with Crippen LogP contribution in [-0.2, 0) is 7.05 Å². The van der Waals surface area contributed by atoms with Gasteiger partial charge in [0.05, 0.1) is 10.6 Å². The summed E-state index contributed by atoms with van der Waals surface area (Å²) < 4.78 is 2.00. The van der Waals surface area contributed by atoms with Crippen molar-refractivity contribution in [3.8, 4) is 22.6 Å². The highest BCUT2D eigenvalue weighted by Gasteiger charge is 2.24. The minimum Gasteiger partial charge on any atom is -0.398 e. The third kappa shape index (κ3) is 2.63. The van der Waals surface area contributed by atoms with Crippen LogP contribution in [0.15, 0.2) is 54.9 Å². The van der Waals surface area contributed by atoms with Crippen LogP contribution >= 0.6 is 0 Å². The molecule has 0 radical (unpaired) electrons. The minimum absolute atomic E-state index is 0.0170. The van der Waals surface area contributed by atoms with Crippen molar-refractivity contribution < 1.29 is 4.92 Å². The molecule has 0 atom stereocenters. The summed E-state index contributed by atoms with van der Waals surface area (Å²) in [7, 11) is 1.95. The van der Waals surface area contributed by atoms with E-state index in [2.05, 4.69) is 9.97 Å². The Kier molecular flexibility index (Phi) is 3.73. The number of aromatic nitrogens is 3. The van der Waals surface area contributed by atoms with Crippen molar-refractivity contribution >= 4 is 28.0 Å². The quantitative estimate of drug-likeness (QED) is 0.328. The lowest BCUT2D eigenvalue weighted by Gasteiger charge is -2.08. The van der Waals surface area contributed by atoms with Crippen molar-refractivity contribution in [2.45, 2.75) is 0 Å². The Morgan fingerprint density at radius 3 is 2.59 bits per heavy atom. The van der Waals surface area contributed by atoms with Crippen molar-refractivity contribution in [3.63, 3.8) is 0 Å². The Balaban J connectivity index is 1.95. The third-order valence-corrected chi connectivity index (χ3v) is 4.48. The van der Waals surface area contributed by atoms with Crippen LogP contribution < -0.4 is 11.5 Å². The van der Waals surface area contributed by atoms with E-state index in [1.165, 1.54) is 12.1 Å². The van der Waals surface area contributed by atoms with Crippen LogP contribution in [0, 0.1) is 10.1 Å². The fourth-order valence-electron chi connectivity index (χ4n) is 3.23. The van der Waals surface area contributed by atoms with Gasteiger partial charge in [-0.3, -0.25) is 10.1 Å². The van der Waals surface area contributed by atoms with Gasteiger partial charge in [-0.05, 0) is 24.3 Å². The van der Waals surface area contributed by atoms with Gasteiger partial charge in [-0.1, -0.05) is 18.2 Å². The zero-order chi connectivity index (χ0) is 19.1. The molecular formula is C19H16N6O2. The monoisotopic (exact) mass is 360 g/mol. The number of anilines is 2. The first kappa shape index (κ1) is 16.5. The van der Waals surface area contributed by atoms with Crippen LogP contribution in [0.25, 0.3) is 33.5 Å². The number of nitro groups is 1. The van der Waals surface area contributed by atoms with E-state index >= 15 is 0 Å². The predicted octanol–water partition coefficient (Wildman–Crippen LogP) is 3.37. The first-order valence-electron chi connectivity index (χ1n) is 8.17. The van der Waals surface area contributed by atoms with Crippen molar-refractivity contribution in [2.24, 2.45) is 7.05 Å². The molecule has 8 nitrogen and oxygen atoms in total. The molecule has 2 aromatic carbocycles. The van der Waals surface area contributed by atoms with Crippen LogP contribution in [0.3, 0.4) is 0 Å². The number of nitrogens with two attached hydrogens (primary N) is 2. The summed E-state index contributed by atoms with van der Waals surface area (Å²) in [5.41, 5.74) is 14.5. The summed E-state index contributed by atoms with van der Waals surface area (Å²) >= 11 is 0. The molecule has 2 heterocycles. The standard InChI is InChI=1S/C19H16N6O2/c1-24-10-12(11-4-2-3-5-16(11)24)15-8-9-22-19(23-15)17-13(20)6-7-14(21)18(17)25(26)27/h2-10H,20-21H2,1H3. The van der Waals surface area contributed by atoms with Gasteiger partial charge >= 0.3 is 5.69 Å². The molecule has 0 fully saturated rings. The summed E-state index contributed by atoms with van der Waals surface area (Å²) in [5.74, 6) is 0.164. The number of para-hydroxylation sites is 1. The van der Waals surface area contributed by atoms with E-state index in [4.69, 9.17) is 11.5 Å². The van der Waals surface area contributed by atoms with E-state index in [-0.39, 0.29) is 28.5 Å². The molecule has 0 bridgehead atoms. The highest BCUT2D eigenvalue weighted by atomic mass is 16.6. The van der Waals surface area contributed by atoms with Gasteiger partial charge in [-0.25, -0.2) is 9.97 Å². The summed E-state index contributed by atoms with van der Waals surface area (Å²) in [6, 6.07) is 12.6. The second kappa shape index (κ2) is 6.10. The Morgan fingerprint density at radius 2 is 1.81 bits per heavy atom. The average Bonchev–Trinajstić information content (AvgIpc) is 3.00. The fraction of sp³-hybridized carbons (Fsp3) is 0.0526. The molecule has 27 heavy (non-hydrogen) atoms. The Labute approximate surface area is 154 Å². The summed E-state index contributed by atoms with van der Waals surface area (Å²) in [6.07, 6.45) is 3.53. The summed E-state index contributed by atoms with van der Waals surface area (Å²) in [5, 5.41) is 12.5. The number of hydrogen-bond acceptors (Lipinski definition) is 6. The number of benzene rings is 2. The molecule has 4 rings (SSSR count). The molecule has 4 aromatic rings. The van der Waals surface area contributed by atoms with Gasteiger partial charge in [0, 0.05) is 41.6 Å². The molecule has 0 aliphatic heterocycles. The van der Waals surface area contributed by atoms with Crippen molar-refractivity contribution in [3.05, 3.63) is 65.0 Å². The number of rotatable bonds is 3. The topological polar surface area (TPSA) is 126 Å². The highest BCUT2D eigenvalue weighted by Crippen LogP contribution is 2.38. The van der Waals surface area contributed by atoms with Crippen molar-refractivity contribution in [1.29, 1.82) is 0 Å². The SMILES string of the molecule is Cn1cc(-c2ccnc(-c3c(N)ccc(N)c3[N+](=O)[O-])n2)c2ccccc21. The van der Waals surface area contributed by atoms with Gasteiger partial charge in [0.1, 0.15) is 11.3 Å². The normalized spacial score (nSPS) is 11.0. The maximum atomic E-state index is 11.5. The molecule has 0 amide bonds. The first-order valence-corrected chi connectivity index (χ1v) is 8.17. The third-order valence-electron chi connectivity index (χ3n) is 4.48. The van der Waals surface area contributed by atoms with Gasteiger partial charge in [0.25, 0.3) is 0 Å². The van der Waals surface area contributed by atoms with Crippen LogP contribution in [0.1, 0.15) is 0 Å². The smallest absolute Gasteiger partial charge is 0.305 e. The Bertz CT molecular complexity index is 1200. The van der Waals surface area contributed by atoms with Gasteiger partial charge in [-0.15, -0.1) is 0 Å². The number of aryl methyl sites for hydroxylation is 1. The van der Waals surface area contributed by atoms with E-state index in [1.807, 2.05) is 42.1 Å². The highest BCUT2D eigenvalue weighted by molar-refractivity contribution is 5.95. The van der Waals surface area contributed by atoms with Gasteiger partial charge < -0.3 is 16.0 Å². The van der Waals surface area contributed by atoms with Crippen LogP contribution in [0.5, 0.6) is 0 Å². The molecule has 134 valence electrons. The molecule has 0 unspecified atom stereocenters. The largest absolute Gasteiger partial charge is 0.398 e. The van der Waals surface area contributed by atoms with Crippen LogP contribution in [-0.4, -0.2) is 19.5 Å². The molecule has 8 heteroatoms. The van der Waals surface area contributed by atoms with E-state index in [9.17, 15) is 10.1 Å². The second-order valence-electron chi connectivity index (χ2n) is 6.16. The van der Waals surface area contributed by atoms with E-state index in [1.54, 1.807) is 12.3 Å². The van der Waals surface area contributed by atoms with E-state index in [0.29, 0.717) is 5.69 Å². The van der Waals surface area contributed by atoms with Crippen molar-refractivity contribution in [2.75, 3.05) is 11.5 Å². The number of nitrogen functional groups attached to an aromatic ring is 2.